The zero-order valence-electron chi connectivity index (χ0n) is 17.6. The second-order valence-electron chi connectivity index (χ2n) is 7.13. The molecule has 0 bridgehead atoms. The van der Waals surface area contributed by atoms with Crippen molar-refractivity contribution in [2.24, 2.45) is 5.73 Å². The third-order valence-electron chi connectivity index (χ3n) is 4.84. The van der Waals surface area contributed by atoms with Crippen LogP contribution in [0.2, 0.25) is 0 Å². The van der Waals surface area contributed by atoms with Gasteiger partial charge in [0, 0.05) is 23.8 Å². The van der Waals surface area contributed by atoms with Gasteiger partial charge in [0.1, 0.15) is 6.04 Å². The average Bonchev–Trinajstić information content (AvgIpc) is 2.80. The van der Waals surface area contributed by atoms with Crippen LogP contribution in [0.3, 0.4) is 0 Å². The first-order valence-electron chi connectivity index (χ1n) is 10.1. The Hall–Kier alpha value is -3.27. The molecule has 0 aliphatic carbocycles. The van der Waals surface area contributed by atoms with Gasteiger partial charge in [0.15, 0.2) is 0 Å². The smallest absolute Gasteiger partial charge is 0.267 e. The Bertz CT molecular complexity index is 884. The number of nitrogens with one attached hydrogen (secondary N) is 4. The van der Waals surface area contributed by atoms with Crippen molar-refractivity contribution < 1.29 is 19.6 Å². The summed E-state index contributed by atoms with van der Waals surface area (Å²) in [7, 11) is 0. The molecule has 2 atom stereocenters. The largest absolute Gasteiger partial charge is 0.339 e. The van der Waals surface area contributed by atoms with Crippen molar-refractivity contribution >= 4 is 23.4 Å². The number of benzene rings is 2. The number of hydroxylamine groups is 1. The fourth-order valence-corrected chi connectivity index (χ4v) is 2.73. The number of rotatable bonds is 10. The predicted molar refractivity (Wildman–Crippen MR) is 119 cm³/mol. The van der Waals surface area contributed by atoms with Gasteiger partial charge in [-0.15, -0.1) is 0 Å². The summed E-state index contributed by atoms with van der Waals surface area (Å²) in [6, 6.07) is 13.5. The Morgan fingerprint density at radius 1 is 1.00 bits per heavy atom. The van der Waals surface area contributed by atoms with Crippen LogP contribution >= 0.6 is 0 Å². The second-order valence-corrected chi connectivity index (χ2v) is 7.13. The summed E-state index contributed by atoms with van der Waals surface area (Å²) in [6.45, 7) is 4.19. The first-order valence-corrected chi connectivity index (χ1v) is 10.1. The molecule has 1 unspecified atom stereocenters. The fourth-order valence-electron chi connectivity index (χ4n) is 2.73. The lowest BCUT2D eigenvalue weighted by Gasteiger charge is -2.14. The van der Waals surface area contributed by atoms with Gasteiger partial charge in [-0.3, -0.25) is 19.6 Å². The van der Waals surface area contributed by atoms with Crippen molar-refractivity contribution in [3.63, 3.8) is 0 Å². The molecule has 0 heterocycles. The Labute approximate surface area is 181 Å². The van der Waals surface area contributed by atoms with Crippen LogP contribution in [-0.4, -0.2) is 48.1 Å². The molecular weight excluding hydrogens is 398 g/mol. The number of anilines is 1. The number of nitrogens with two attached hydrogens (primary N) is 1. The van der Waals surface area contributed by atoms with E-state index in [9.17, 15) is 14.4 Å². The number of carbonyl (C=O) groups is 3. The Balaban J connectivity index is 1.97. The molecule has 166 valence electrons. The molecule has 0 spiro atoms. The SMILES string of the molecule is CCC(C)NCC(=O)Nc1ccc(-c2ccc(C(=O)N[C@@H](CN)C(=O)NO)cc2)cc1. The highest BCUT2D eigenvalue weighted by molar-refractivity contribution is 5.98. The van der Waals surface area contributed by atoms with Gasteiger partial charge in [0.2, 0.25) is 5.91 Å². The van der Waals surface area contributed by atoms with E-state index in [2.05, 4.69) is 22.9 Å². The van der Waals surface area contributed by atoms with Crippen LogP contribution in [0.25, 0.3) is 11.1 Å². The summed E-state index contributed by atoms with van der Waals surface area (Å²) in [5, 5.41) is 17.1. The van der Waals surface area contributed by atoms with Crippen molar-refractivity contribution in [3.8, 4) is 11.1 Å². The summed E-state index contributed by atoms with van der Waals surface area (Å²) in [5.74, 6) is -1.36. The molecule has 2 aromatic rings. The molecule has 3 amide bonds. The zero-order valence-corrected chi connectivity index (χ0v) is 17.6. The van der Waals surface area contributed by atoms with Crippen LogP contribution in [0.5, 0.6) is 0 Å². The molecule has 0 aliphatic heterocycles. The minimum Gasteiger partial charge on any atom is -0.339 e. The number of carbonyl (C=O) groups excluding carboxylic acids is 3. The normalized spacial score (nSPS) is 12.5. The van der Waals surface area contributed by atoms with Crippen LogP contribution < -0.4 is 27.2 Å². The maximum atomic E-state index is 12.3. The fraction of sp³-hybridized carbons (Fsp3) is 0.318. The van der Waals surface area contributed by atoms with E-state index in [1.807, 2.05) is 31.2 Å². The lowest BCUT2D eigenvalue weighted by atomic mass is 10.0. The lowest BCUT2D eigenvalue weighted by Crippen LogP contribution is -2.50. The number of amides is 3. The van der Waals surface area contributed by atoms with Gasteiger partial charge in [-0.2, -0.15) is 0 Å². The van der Waals surface area contributed by atoms with Crippen molar-refractivity contribution in [2.45, 2.75) is 32.4 Å². The molecule has 0 aliphatic rings. The summed E-state index contributed by atoms with van der Waals surface area (Å²) >= 11 is 0. The maximum Gasteiger partial charge on any atom is 0.267 e. The Morgan fingerprint density at radius 2 is 1.58 bits per heavy atom. The van der Waals surface area contributed by atoms with Crippen LogP contribution in [-0.2, 0) is 9.59 Å². The van der Waals surface area contributed by atoms with Gasteiger partial charge in [-0.05, 0) is 48.7 Å². The van der Waals surface area contributed by atoms with Crippen molar-refractivity contribution in [3.05, 3.63) is 54.1 Å². The minimum absolute atomic E-state index is 0.103. The first kappa shape index (κ1) is 24.0. The molecule has 0 fully saturated rings. The van der Waals surface area contributed by atoms with Gasteiger partial charge in [-0.1, -0.05) is 31.2 Å². The third kappa shape index (κ3) is 7.18. The predicted octanol–water partition coefficient (Wildman–Crippen LogP) is 1.24. The molecule has 2 rings (SSSR count). The van der Waals surface area contributed by atoms with E-state index in [-0.39, 0.29) is 25.0 Å². The van der Waals surface area contributed by atoms with Gasteiger partial charge in [-0.25, -0.2) is 5.48 Å². The summed E-state index contributed by atoms with van der Waals surface area (Å²) in [5.41, 5.74) is 9.77. The molecule has 0 saturated heterocycles. The van der Waals surface area contributed by atoms with Crippen LogP contribution in [0.15, 0.2) is 48.5 Å². The topological polar surface area (TPSA) is 146 Å². The van der Waals surface area contributed by atoms with E-state index in [0.29, 0.717) is 11.3 Å². The second kappa shape index (κ2) is 11.8. The highest BCUT2D eigenvalue weighted by atomic mass is 16.5. The molecule has 0 aromatic heterocycles. The number of hydrogen-bond donors (Lipinski definition) is 6. The minimum atomic E-state index is -1.03. The Morgan fingerprint density at radius 3 is 2.10 bits per heavy atom. The van der Waals surface area contributed by atoms with Crippen LogP contribution in [0.1, 0.15) is 30.6 Å². The molecule has 7 N–H and O–H groups in total. The highest BCUT2D eigenvalue weighted by Gasteiger charge is 2.19. The Kier molecular flexibility index (Phi) is 9.13. The molecule has 9 nitrogen and oxygen atoms in total. The van der Waals surface area contributed by atoms with E-state index in [1.54, 1.807) is 24.3 Å². The monoisotopic (exact) mass is 427 g/mol. The standard InChI is InChI=1S/C22H29N5O4/c1-3-14(2)24-13-20(28)25-18-10-8-16(9-11-18)15-4-6-17(7-5-15)21(29)26-19(12-23)22(30)27-31/h4-11,14,19,24,31H,3,12-13,23H2,1-2H3,(H,25,28)(H,26,29)(H,27,30)/t14?,19-/m0/s1. The third-order valence-corrected chi connectivity index (χ3v) is 4.84. The van der Waals surface area contributed by atoms with Gasteiger partial charge >= 0.3 is 0 Å². The lowest BCUT2D eigenvalue weighted by molar-refractivity contribution is -0.130. The van der Waals surface area contributed by atoms with Gasteiger partial charge in [0.25, 0.3) is 11.8 Å². The van der Waals surface area contributed by atoms with E-state index in [0.717, 1.165) is 17.5 Å². The van der Waals surface area contributed by atoms with Crippen LogP contribution in [0.4, 0.5) is 5.69 Å². The first-order chi connectivity index (χ1) is 14.9. The average molecular weight is 428 g/mol. The van der Waals surface area contributed by atoms with Gasteiger partial charge in [0.05, 0.1) is 6.54 Å². The molecular formula is C22H29N5O4. The molecule has 9 heteroatoms. The highest BCUT2D eigenvalue weighted by Crippen LogP contribution is 2.22. The summed E-state index contributed by atoms with van der Waals surface area (Å²) in [6.07, 6.45) is 0.952. The molecule has 31 heavy (non-hydrogen) atoms. The van der Waals surface area contributed by atoms with E-state index in [1.165, 1.54) is 5.48 Å². The molecule has 0 saturated carbocycles. The molecule has 2 aromatic carbocycles. The molecule has 0 radical (unpaired) electrons. The van der Waals surface area contributed by atoms with E-state index in [4.69, 9.17) is 10.9 Å². The number of hydrogen-bond acceptors (Lipinski definition) is 6. The van der Waals surface area contributed by atoms with E-state index < -0.39 is 17.9 Å². The van der Waals surface area contributed by atoms with Crippen molar-refractivity contribution in [2.75, 3.05) is 18.4 Å². The van der Waals surface area contributed by atoms with Crippen LogP contribution in [0, 0.1) is 0 Å². The quantitative estimate of drug-likeness (QED) is 0.249. The van der Waals surface area contributed by atoms with E-state index >= 15 is 0 Å². The van der Waals surface area contributed by atoms with Crippen molar-refractivity contribution in [1.29, 1.82) is 0 Å². The van der Waals surface area contributed by atoms with Gasteiger partial charge < -0.3 is 21.7 Å². The summed E-state index contributed by atoms with van der Waals surface area (Å²) < 4.78 is 0. The zero-order chi connectivity index (χ0) is 22.8. The van der Waals surface area contributed by atoms with Crippen molar-refractivity contribution in [1.82, 2.24) is 16.1 Å². The summed E-state index contributed by atoms with van der Waals surface area (Å²) in [4.78, 5) is 35.7. The maximum absolute atomic E-state index is 12.3.